The molecule has 0 aromatic heterocycles. The first-order valence-corrected chi connectivity index (χ1v) is 13.2. The van der Waals surface area contributed by atoms with E-state index in [0.29, 0.717) is 31.9 Å². The number of hydrogen-bond donors (Lipinski definition) is 1. The first-order chi connectivity index (χ1) is 17.8. The number of Topliss-reactive ketones (excluding diaryl/α,β-unsaturated/α-hetero) is 1. The van der Waals surface area contributed by atoms with Gasteiger partial charge in [0.2, 0.25) is 0 Å². The van der Waals surface area contributed by atoms with Crippen molar-refractivity contribution in [3.8, 4) is 11.5 Å². The zero-order valence-corrected chi connectivity index (χ0v) is 22.8. The van der Waals surface area contributed by atoms with Crippen LogP contribution in [0.1, 0.15) is 62.3 Å². The van der Waals surface area contributed by atoms with Gasteiger partial charge in [-0.15, -0.1) is 0 Å². The fourth-order valence-electron chi connectivity index (χ4n) is 4.38. The third-order valence-corrected chi connectivity index (χ3v) is 6.45. The summed E-state index contributed by atoms with van der Waals surface area (Å²) in [5, 5.41) is 11.4. The number of aryl methyl sites for hydroxylation is 1. The van der Waals surface area contributed by atoms with E-state index in [2.05, 4.69) is 6.92 Å². The second-order valence-corrected chi connectivity index (χ2v) is 9.75. The molecule has 1 fully saturated rings. The van der Waals surface area contributed by atoms with Crippen molar-refractivity contribution in [3.63, 3.8) is 0 Å². The van der Waals surface area contributed by atoms with Crippen molar-refractivity contribution >= 4 is 17.4 Å². The Kier molecular flexibility index (Phi) is 10.1. The maximum Gasteiger partial charge on any atom is 0.295 e. The Morgan fingerprint density at radius 1 is 0.973 bits per heavy atom. The van der Waals surface area contributed by atoms with Crippen molar-refractivity contribution in [1.29, 1.82) is 0 Å². The topological polar surface area (TPSA) is 79.3 Å². The molecule has 200 valence electrons. The van der Waals surface area contributed by atoms with Crippen LogP contribution in [0.15, 0.2) is 48.0 Å². The molecule has 1 aliphatic rings. The summed E-state index contributed by atoms with van der Waals surface area (Å²) >= 11 is 0. The maximum atomic E-state index is 13.2. The zero-order valence-electron chi connectivity index (χ0n) is 22.8. The number of benzene rings is 2. The lowest BCUT2D eigenvalue weighted by atomic mass is 9.94. The van der Waals surface area contributed by atoms with E-state index in [1.165, 1.54) is 0 Å². The zero-order chi connectivity index (χ0) is 26.9. The van der Waals surface area contributed by atoms with E-state index in [-0.39, 0.29) is 11.3 Å². The van der Waals surface area contributed by atoms with E-state index in [1.807, 2.05) is 57.1 Å². The van der Waals surface area contributed by atoms with Gasteiger partial charge in [0.25, 0.3) is 11.7 Å². The molecule has 37 heavy (non-hydrogen) atoms. The van der Waals surface area contributed by atoms with Gasteiger partial charge in [0.15, 0.2) is 0 Å². The number of likely N-dealkylation sites (N-methyl/N-ethyl adjacent to an activating group) is 1. The molecule has 0 radical (unpaired) electrons. The maximum absolute atomic E-state index is 13.2. The average molecular weight is 509 g/mol. The molecule has 1 unspecified atom stereocenters. The number of amides is 1. The molecule has 3 rings (SSSR count). The monoisotopic (exact) mass is 508 g/mol. The predicted octanol–water partition coefficient (Wildman–Crippen LogP) is 5.34. The Morgan fingerprint density at radius 2 is 1.70 bits per heavy atom. The van der Waals surface area contributed by atoms with E-state index < -0.39 is 17.7 Å². The minimum absolute atomic E-state index is 0.0991. The smallest absolute Gasteiger partial charge is 0.295 e. The van der Waals surface area contributed by atoms with Gasteiger partial charge < -0.3 is 24.4 Å². The third kappa shape index (κ3) is 6.92. The molecule has 2 aromatic rings. The van der Waals surface area contributed by atoms with Crippen molar-refractivity contribution in [2.45, 2.75) is 52.5 Å². The highest BCUT2D eigenvalue weighted by Crippen LogP contribution is 2.40. The number of hydrogen-bond acceptors (Lipinski definition) is 6. The predicted molar refractivity (Wildman–Crippen MR) is 146 cm³/mol. The van der Waals surface area contributed by atoms with E-state index in [0.717, 1.165) is 48.3 Å². The lowest BCUT2D eigenvalue weighted by Crippen LogP contribution is -2.35. The van der Waals surface area contributed by atoms with Gasteiger partial charge in [-0.05, 0) is 75.3 Å². The summed E-state index contributed by atoms with van der Waals surface area (Å²) in [4.78, 5) is 29.9. The molecule has 7 heteroatoms. The number of rotatable bonds is 13. The van der Waals surface area contributed by atoms with Crippen LogP contribution in [-0.4, -0.2) is 67.0 Å². The molecular weight excluding hydrogens is 468 g/mol. The van der Waals surface area contributed by atoms with Crippen LogP contribution in [0.4, 0.5) is 0 Å². The van der Waals surface area contributed by atoms with E-state index >= 15 is 0 Å². The molecule has 1 N–H and O–H groups in total. The highest BCUT2D eigenvalue weighted by molar-refractivity contribution is 6.46. The first kappa shape index (κ1) is 28.3. The van der Waals surface area contributed by atoms with Gasteiger partial charge >= 0.3 is 0 Å². The van der Waals surface area contributed by atoms with Crippen LogP contribution in [0.5, 0.6) is 11.5 Å². The van der Waals surface area contributed by atoms with Crippen molar-refractivity contribution in [2.75, 3.05) is 40.4 Å². The molecule has 1 aliphatic heterocycles. The molecule has 1 saturated heterocycles. The Hall–Kier alpha value is -3.32. The minimum atomic E-state index is -0.689. The van der Waals surface area contributed by atoms with Crippen molar-refractivity contribution in [2.24, 2.45) is 0 Å². The largest absolute Gasteiger partial charge is 0.507 e. The van der Waals surface area contributed by atoms with Crippen LogP contribution < -0.4 is 9.47 Å². The fraction of sp³-hybridized carbons (Fsp3) is 0.467. The first-order valence-electron chi connectivity index (χ1n) is 13.2. The van der Waals surface area contributed by atoms with Crippen molar-refractivity contribution < 1.29 is 24.2 Å². The van der Waals surface area contributed by atoms with Gasteiger partial charge in [-0.25, -0.2) is 0 Å². The number of nitrogens with zero attached hydrogens (tertiary/aromatic N) is 2. The van der Waals surface area contributed by atoms with Gasteiger partial charge in [0, 0.05) is 18.7 Å². The number of aliphatic hydroxyl groups excluding tert-OH is 1. The van der Waals surface area contributed by atoms with Crippen LogP contribution in [-0.2, 0) is 9.59 Å². The second kappa shape index (κ2) is 13.3. The van der Waals surface area contributed by atoms with Crippen LogP contribution >= 0.6 is 0 Å². The number of ketones is 1. The molecular formula is C30H40N2O5. The number of ether oxygens (including phenoxy) is 2. The number of likely N-dealkylation sites (tertiary alicyclic amines) is 1. The molecule has 7 nitrogen and oxygen atoms in total. The quantitative estimate of drug-likeness (QED) is 0.170. The third-order valence-electron chi connectivity index (χ3n) is 6.45. The summed E-state index contributed by atoms with van der Waals surface area (Å²) in [5.41, 5.74) is 2.18. The molecule has 2 aromatic carbocycles. The van der Waals surface area contributed by atoms with E-state index in [1.54, 1.807) is 23.1 Å². The van der Waals surface area contributed by atoms with Gasteiger partial charge in [0.1, 0.15) is 17.3 Å². The summed E-state index contributed by atoms with van der Waals surface area (Å²) in [7, 11) is 3.84. The van der Waals surface area contributed by atoms with Crippen LogP contribution in [0.3, 0.4) is 0 Å². The Morgan fingerprint density at radius 3 is 2.32 bits per heavy atom. The van der Waals surface area contributed by atoms with Crippen LogP contribution in [0, 0.1) is 6.92 Å². The van der Waals surface area contributed by atoms with Crippen molar-refractivity contribution in [1.82, 2.24) is 9.80 Å². The number of carbonyl (C=O) groups excluding carboxylic acids is 2. The molecule has 1 heterocycles. The molecule has 1 atom stereocenters. The molecule has 0 saturated carbocycles. The summed E-state index contributed by atoms with van der Waals surface area (Å²) in [6.45, 7) is 8.27. The standard InChI is InChI=1S/C30H40N2O5/c1-6-8-9-19-36-24-13-10-22(11-14-24)27-26(29(34)30(35)32(27)17-16-31(4)5)28(33)23-12-15-25(21(3)20-23)37-18-7-2/h10-15,20,27,33H,6-9,16-19H2,1-5H3. The molecule has 0 bridgehead atoms. The van der Waals surface area contributed by atoms with Gasteiger partial charge in [-0.1, -0.05) is 38.8 Å². The average Bonchev–Trinajstić information content (AvgIpc) is 3.14. The Bertz CT molecular complexity index is 1110. The molecule has 0 spiro atoms. The SMILES string of the molecule is CCCCCOc1ccc(C2C(=C(O)c3ccc(OCCC)c(C)c3)C(=O)C(=O)N2CCN(C)C)cc1. The van der Waals surface area contributed by atoms with Gasteiger partial charge in [0.05, 0.1) is 24.8 Å². The highest BCUT2D eigenvalue weighted by atomic mass is 16.5. The van der Waals surface area contributed by atoms with E-state index in [9.17, 15) is 14.7 Å². The Labute approximate surface area is 220 Å². The summed E-state index contributed by atoms with van der Waals surface area (Å²) in [6, 6.07) is 12.1. The van der Waals surface area contributed by atoms with Gasteiger partial charge in [-0.3, -0.25) is 9.59 Å². The lowest BCUT2D eigenvalue weighted by Gasteiger charge is -2.26. The van der Waals surface area contributed by atoms with E-state index in [4.69, 9.17) is 9.47 Å². The fourth-order valence-corrected chi connectivity index (χ4v) is 4.38. The highest BCUT2D eigenvalue weighted by Gasteiger charge is 2.45. The number of carbonyl (C=O) groups is 2. The normalized spacial score (nSPS) is 17.0. The van der Waals surface area contributed by atoms with Gasteiger partial charge in [-0.2, -0.15) is 0 Å². The van der Waals surface area contributed by atoms with Crippen LogP contribution in [0.2, 0.25) is 0 Å². The summed E-state index contributed by atoms with van der Waals surface area (Å²) < 4.78 is 11.6. The second-order valence-electron chi connectivity index (χ2n) is 9.75. The number of aliphatic hydroxyl groups is 1. The summed E-state index contributed by atoms with van der Waals surface area (Å²) in [5.74, 6) is 0.0121. The minimum Gasteiger partial charge on any atom is -0.507 e. The van der Waals surface area contributed by atoms with Crippen molar-refractivity contribution in [3.05, 3.63) is 64.7 Å². The molecule has 1 amide bonds. The van der Waals surface area contributed by atoms with Crippen LogP contribution in [0.25, 0.3) is 5.76 Å². The summed E-state index contributed by atoms with van der Waals surface area (Å²) in [6.07, 6.45) is 4.12. The molecule has 0 aliphatic carbocycles. The Balaban J connectivity index is 1.99. The lowest BCUT2D eigenvalue weighted by molar-refractivity contribution is -0.140. The number of unbranched alkanes of at least 4 members (excludes halogenated alkanes) is 2.